The number of carbonyl (C=O) groups excluding carboxylic acids is 2. The van der Waals surface area contributed by atoms with Gasteiger partial charge in [-0.15, -0.1) is 0 Å². The van der Waals surface area contributed by atoms with Crippen molar-refractivity contribution in [2.75, 3.05) is 13.2 Å². The highest BCUT2D eigenvalue weighted by molar-refractivity contribution is 5.81. The van der Waals surface area contributed by atoms with Crippen molar-refractivity contribution in [1.29, 1.82) is 0 Å². The molecule has 0 spiro atoms. The van der Waals surface area contributed by atoms with Crippen molar-refractivity contribution in [3.8, 4) is 0 Å². The van der Waals surface area contributed by atoms with E-state index >= 15 is 0 Å². The molecule has 0 bridgehead atoms. The normalized spacial score (nSPS) is 15.6. The van der Waals surface area contributed by atoms with Crippen molar-refractivity contribution in [2.45, 2.75) is 43.9 Å². The number of hydrogen-bond acceptors (Lipinski definition) is 8. The standard InChI is InChI=1S/C17H25NO8/c19-9-13(21)17(25)16(24)12(20)8-18-14(22)6-7-15(23)26-10-11-4-2-1-3-5-11/h1-5,12-13,16-17,19-21,24-25H,6-10H2,(H,18,22). The predicted molar refractivity (Wildman–Crippen MR) is 89.6 cm³/mol. The molecule has 1 aromatic carbocycles. The summed E-state index contributed by atoms with van der Waals surface area (Å²) in [6, 6.07) is 9.06. The van der Waals surface area contributed by atoms with Gasteiger partial charge in [0, 0.05) is 13.0 Å². The molecule has 1 amide bonds. The lowest BCUT2D eigenvalue weighted by atomic mass is 10.0. The minimum absolute atomic E-state index is 0.108. The van der Waals surface area contributed by atoms with E-state index in [0.717, 1.165) is 5.56 Å². The summed E-state index contributed by atoms with van der Waals surface area (Å²) in [7, 11) is 0. The first kappa shape index (κ1) is 22.0. The van der Waals surface area contributed by atoms with Gasteiger partial charge in [0.2, 0.25) is 5.91 Å². The minimum atomic E-state index is -1.76. The van der Waals surface area contributed by atoms with E-state index in [1.165, 1.54) is 0 Å². The number of hydrogen-bond donors (Lipinski definition) is 6. The fraction of sp³-hybridized carbons (Fsp3) is 0.529. The maximum Gasteiger partial charge on any atom is 0.306 e. The number of rotatable bonds is 11. The third-order valence-electron chi connectivity index (χ3n) is 3.63. The third-order valence-corrected chi connectivity index (χ3v) is 3.63. The maximum absolute atomic E-state index is 11.6. The fourth-order valence-corrected chi connectivity index (χ4v) is 2.02. The summed E-state index contributed by atoms with van der Waals surface area (Å²) in [4.78, 5) is 23.2. The van der Waals surface area contributed by atoms with E-state index in [1.54, 1.807) is 12.1 Å². The number of carbonyl (C=O) groups is 2. The summed E-state index contributed by atoms with van der Waals surface area (Å²) < 4.78 is 5.02. The molecular weight excluding hydrogens is 346 g/mol. The van der Waals surface area contributed by atoms with Crippen LogP contribution < -0.4 is 5.32 Å². The average Bonchev–Trinajstić information content (AvgIpc) is 2.67. The SMILES string of the molecule is O=C(CCC(=O)OCc1ccccc1)NCC(O)C(O)C(O)C(O)CO. The van der Waals surface area contributed by atoms with E-state index in [2.05, 4.69) is 5.32 Å². The van der Waals surface area contributed by atoms with Gasteiger partial charge < -0.3 is 35.6 Å². The Morgan fingerprint density at radius 3 is 2.19 bits per heavy atom. The Balaban J connectivity index is 2.24. The van der Waals surface area contributed by atoms with Crippen LogP contribution in [0, 0.1) is 0 Å². The molecule has 0 heterocycles. The summed E-state index contributed by atoms with van der Waals surface area (Å²) >= 11 is 0. The van der Waals surface area contributed by atoms with E-state index < -0.39 is 49.4 Å². The second kappa shape index (κ2) is 11.6. The van der Waals surface area contributed by atoms with Gasteiger partial charge in [0.15, 0.2) is 0 Å². The third kappa shape index (κ3) is 7.89. The molecule has 0 aromatic heterocycles. The quantitative estimate of drug-likeness (QED) is 0.245. The van der Waals surface area contributed by atoms with Crippen molar-refractivity contribution in [3.05, 3.63) is 35.9 Å². The second-order valence-electron chi connectivity index (χ2n) is 5.75. The van der Waals surface area contributed by atoms with Gasteiger partial charge in [-0.25, -0.2) is 0 Å². The monoisotopic (exact) mass is 371 g/mol. The van der Waals surface area contributed by atoms with Crippen molar-refractivity contribution < 1.29 is 39.9 Å². The Morgan fingerprint density at radius 1 is 0.962 bits per heavy atom. The summed E-state index contributed by atoms with van der Waals surface area (Å²) in [6.45, 7) is -1.08. The molecule has 26 heavy (non-hydrogen) atoms. The molecule has 9 nitrogen and oxygen atoms in total. The first-order valence-electron chi connectivity index (χ1n) is 8.14. The van der Waals surface area contributed by atoms with Crippen LogP contribution in [-0.2, 0) is 20.9 Å². The first-order chi connectivity index (χ1) is 12.3. The minimum Gasteiger partial charge on any atom is -0.461 e. The van der Waals surface area contributed by atoms with Gasteiger partial charge in [0.25, 0.3) is 0 Å². The smallest absolute Gasteiger partial charge is 0.306 e. The molecule has 0 fully saturated rings. The Labute approximate surface area is 150 Å². The summed E-state index contributed by atoms with van der Waals surface area (Å²) in [6.07, 6.45) is -7.01. The number of aliphatic hydroxyl groups is 5. The molecule has 9 heteroatoms. The Hall–Kier alpha value is -2.04. The van der Waals surface area contributed by atoms with Crippen LogP contribution in [0.1, 0.15) is 18.4 Å². The Morgan fingerprint density at radius 2 is 1.58 bits per heavy atom. The predicted octanol–water partition coefficient (Wildman–Crippen LogP) is -1.94. The van der Waals surface area contributed by atoms with Gasteiger partial charge in [-0.2, -0.15) is 0 Å². The molecule has 6 N–H and O–H groups in total. The van der Waals surface area contributed by atoms with Crippen LogP contribution in [0.4, 0.5) is 0 Å². The zero-order valence-electron chi connectivity index (χ0n) is 14.2. The van der Waals surface area contributed by atoms with Gasteiger partial charge >= 0.3 is 5.97 Å². The lowest BCUT2D eigenvalue weighted by Gasteiger charge is -2.25. The largest absolute Gasteiger partial charge is 0.461 e. The van der Waals surface area contributed by atoms with E-state index in [4.69, 9.17) is 9.84 Å². The lowest BCUT2D eigenvalue weighted by Crippen LogP contribution is -2.49. The highest BCUT2D eigenvalue weighted by Gasteiger charge is 2.30. The Kier molecular flexibility index (Phi) is 9.78. The topological polar surface area (TPSA) is 157 Å². The number of ether oxygens (including phenoxy) is 1. The fourth-order valence-electron chi connectivity index (χ4n) is 2.02. The van der Waals surface area contributed by atoms with Crippen LogP contribution in [0.2, 0.25) is 0 Å². The van der Waals surface area contributed by atoms with Crippen molar-refractivity contribution in [2.24, 2.45) is 0 Å². The molecule has 0 saturated carbocycles. The van der Waals surface area contributed by atoms with Crippen LogP contribution in [0.15, 0.2) is 30.3 Å². The van der Waals surface area contributed by atoms with E-state index in [-0.39, 0.29) is 19.4 Å². The number of aliphatic hydroxyl groups excluding tert-OH is 5. The number of amides is 1. The van der Waals surface area contributed by atoms with E-state index in [0.29, 0.717) is 0 Å². The summed E-state index contributed by atoms with van der Waals surface area (Å²) in [5.41, 5.74) is 0.825. The summed E-state index contributed by atoms with van der Waals surface area (Å²) in [5, 5.41) is 48.9. The van der Waals surface area contributed by atoms with E-state index in [9.17, 15) is 30.0 Å². The maximum atomic E-state index is 11.6. The molecule has 1 aromatic rings. The van der Waals surface area contributed by atoms with Crippen LogP contribution in [0.25, 0.3) is 0 Å². The molecular formula is C17H25NO8. The molecule has 0 aliphatic rings. The molecule has 0 radical (unpaired) electrons. The first-order valence-corrected chi connectivity index (χ1v) is 8.14. The molecule has 0 aliphatic heterocycles. The highest BCUT2D eigenvalue weighted by Crippen LogP contribution is 2.05. The summed E-state index contributed by atoms with van der Waals surface area (Å²) in [5.74, 6) is -1.10. The number of esters is 1. The van der Waals surface area contributed by atoms with Crippen LogP contribution in [-0.4, -0.2) is 75.0 Å². The van der Waals surface area contributed by atoms with Gasteiger partial charge in [0.05, 0.1) is 19.1 Å². The van der Waals surface area contributed by atoms with Crippen molar-refractivity contribution in [3.63, 3.8) is 0 Å². The molecule has 4 atom stereocenters. The second-order valence-corrected chi connectivity index (χ2v) is 5.75. The number of benzene rings is 1. The van der Waals surface area contributed by atoms with Gasteiger partial charge in [-0.05, 0) is 5.56 Å². The van der Waals surface area contributed by atoms with Crippen LogP contribution in [0.3, 0.4) is 0 Å². The molecule has 0 saturated heterocycles. The highest BCUT2D eigenvalue weighted by atomic mass is 16.5. The number of nitrogens with one attached hydrogen (secondary N) is 1. The average molecular weight is 371 g/mol. The van der Waals surface area contributed by atoms with E-state index in [1.807, 2.05) is 18.2 Å². The van der Waals surface area contributed by atoms with Crippen LogP contribution >= 0.6 is 0 Å². The lowest BCUT2D eigenvalue weighted by molar-refractivity contribution is -0.146. The molecule has 0 aliphatic carbocycles. The van der Waals surface area contributed by atoms with Gasteiger partial charge in [-0.3, -0.25) is 9.59 Å². The zero-order valence-corrected chi connectivity index (χ0v) is 14.2. The van der Waals surface area contributed by atoms with Crippen molar-refractivity contribution >= 4 is 11.9 Å². The van der Waals surface area contributed by atoms with Crippen LogP contribution in [0.5, 0.6) is 0 Å². The molecule has 146 valence electrons. The van der Waals surface area contributed by atoms with Gasteiger partial charge in [-0.1, -0.05) is 30.3 Å². The molecule has 4 unspecified atom stereocenters. The van der Waals surface area contributed by atoms with Crippen molar-refractivity contribution in [1.82, 2.24) is 5.32 Å². The molecule has 1 rings (SSSR count). The zero-order chi connectivity index (χ0) is 19.5. The van der Waals surface area contributed by atoms with Gasteiger partial charge in [0.1, 0.15) is 24.9 Å². The Bertz CT molecular complexity index is 553.